The van der Waals surface area contributed by atoms with Crippen LogP contribution >= 0.6 is 0 Å². The highest BCUT2D eigenvalue weighted by molar-refractivity contribution is 5.68. The minimum Gasteiger partial charge on any atom is -0.445 e. The van der Waals surface area contributed by atoms with Crippen molar-refractivity contribution in [3.05, 3.63) is 35.9 Å². The maximum Gasteiger partial charge on any atom is 0.410 e. The van der Waals surface area contributed by atoms with Crippen LogP contribution in [0, 0.1) is 0 Å². The van der Waals surface area contributed by atoms with E-state index in [9.17, 15) is 9.90 Å². The van der Waals surface area contributed by atoms with E-state index in [0.717, 1.165) is 24.8 Å². The highest BCUT2D eigenvalue weighted by Gasteiger charge is 2.27. The molecule has 1 aromatic carbocycles. The summed E-state index contributed by atoms with van der Waals surface area (Å²) in [6.45, 7) is 0.980. The van der Waals surface area contributed by atoms with Crippen LogP contribution in [0.2, 0.25) is 0 Å². The Kier molecular flexibility index (Phi) is 4.59. The van der Waals surface area contributed by atoms with E-state index < -0.39 is 0 Å². The molecule has 0 aliphatic carbocycles. The predicted molar refractivity (Wildman–Crippen MR) is 68.1 cm³/mol. The number of nitrogens with zero attached hydrogens (tertiary/aromatic N) is 1. The first-order valence-corrected chi connectivity index (χ1v) is 6.39. The van der Waals surface area contributed by atoms with Crippen LogP contribution in [0.4, 0.5) is 4.79 Å². The Bertz CT molecular complexity index is 380. The Hall–Kier alpha value is -1.55. The van der Waals surface area contributed by atoms with Crippen LogP contribution in [0.1, 0.15) is 24.8 Å². The van der Waals surface area contributed by atoms with Crippen molar-refractivity contribution in [1.29, 1.82) is 0 Å². The number of hydrogen-bond acceptors (Lipinski definition) is 3. The van der Waals surface area contributed by atoms with Gasteiger partial charge in [0, 0.05) is 6.54 Å². The first-order chi connectivity index (χ1) is 8.81. The molecule has 1 saturated heterocycles. The molecule has 4 heteroatoms. The van der Waals surface area contributed by atoms with Crippen LogP contribution in [0.3, 0.4) is 0 Å². The molecule has 1 atom stereocenters. The quantitative estimate of drug-likeness (QED) is 0.893. The number of likely N-dealkylation sites (tertiary alicyclic amines) is 1. The fraction of sp³-hybridized carbons (Fsp3) is 0.500. The molecule has 18 heavy (non-hydrogen) atoms. The van der Waals surface area contributed by atoms with Crippen molar-refractivity contribution in [3.8, 4) is 0 Å². The minimum absolute atomic E-state index is 0.0143. The van der Waals surface area contributed by atoms with E-state index in [0.29, 0.717) is 6.54 Å². The maximum absolute atomic E-state index is 11.9. The lowest BCUT2D eigenvalue weighted by atomic mass is 10.0. The fourth-order valence-electron chi connectivity index (χ4n) is 2.23. The molecule has 0 radical (unpaired) electrons. The largest absolute Gasteiger partial charge is 0.445 e. The number of aliphatic hydroxyl groups excluding tert-OH is 1. The van der Waals surface area contributed by atoms with Gasteiger partial charge >= 0.3 is 6.09 Å². The lowest BCUT2D eigenvalue weighted by Crippen LogP contribution is -2.45. The van der Waals surface area contributed by atoms with Gasteiger partial charge in [-0.3, -0.25) is 0 Å². The van der Waals surface area contributed by atoms with E-state index in [1.54, 1.807) is 4.90 Å². The van der Waals surface area contributed by atoms with Gasteiger partial charge in [-0.25, -0.2) is 4.79 Å². The number of benzene rings is 1. The van der Waals surface area contributed by atoms with Crippen molar-refractivity contribution in [2.75, 3.05) is 13.2 Å². The molecule has 1 aliphatic rings. The summed E-state index contributed by atoms with van der Waals surface area (Å²) in [7, 11) is 0. The second-order valence-electron chi connectivity index (χ2n) is 4.57. The van der Waals surface area contributed by atoms with Gasteiger partial charge in [-0.1, -0.05) is 30.3 Å². The first kappa shape index (κ1) is 12.9. The van der Waals surface area contributed by atoms with Crippen molar-refractivity contribution in [2.45, 2.75) is 31.9 Å². The summed E-state index contributed by atoms with van der Waals surface area (Å²) >= 11 is 0. The number of amides is 1. The molecule has 1 heterocycles. The van der Waals surface area contributed by atoms with E-state index in [2.05, 4.69) is 0 Å². The van der Waals surface area contributed by atoms with Gasteiger partial charge in [0.05, 0.1) is 12.6 Å². The first-order valence-electron chi connectivity index (χ1n) is 6.39. The van der Waals surface area contributed by atoms with E-state index >= 15 is 0 Å². The Labute approximate surface area is 107 Å². The van der Waals surface area contributed by atoms with E-state index in [1.165, 1.54) is 0 Å². The SMILES string of the molecule is O=C(OCc1ccccc1)N1CCCC[C@H]1CO. The molecule has 0 unspecified atom stereocenters. The van der Waals surface area contributed by atoms with Crippen molar-refractivity contribution >= 4 is 6.09 Å². The van der Waals surface area contributed by atoms with Gasteiger partial charge in [0.15, 0.2) is 0 Å². The van der Waals surface area contributed by atoms with Crippen molar-refractivity contribution < 1.29 is 14.6 Å². The standard InChI is InChI=1S/C14H19NO3/c16-10-13-8-4-5-9-15(13)14(17)18-11-12-6-2-1-3-7-12/h1-3,6-7,13,16H,4-5,8-11H2/t13-/m0/s1. The fourth-order valence-corrected chi connectivity index (χ4v) is 2.23. The van der Waals surface area contributed by atoms with Gasteiger partial charge in [0.2, 0.25) is 0 Å². The summed E-state index contributed by atoms with van der Waals surface area (Å²) in [6.07, 6.45) is 2.58. The molecule has 1 fully saturated rings. The van der Waals surface area contributed by atoms with Crippen LogP contribution in [0.25, 0.3) is 0 Å². The van der Waals surface area contributed by atoms with Gasteiger partial charge in [0.1, 0.15) is 6.61 Å². The number of carbonyl (C=O) groups excluding carboxylic acids is 1. The third kappa shape index (κ3) is 3.23. The number of piperidine rings is 1. The average Bonchev–Trinajstić information content (AvgIpc) is 2.45. The lowest BCUT2D eigenvalue weighted by Gasteiger charge is -2.33. The van der Waals surface area contributed by atoms with Gasteiger partial charge in [-0.05, 0) is 24.8 Å². The second kappa shape index (κ2) is 6.40. The van der Waals surface area contributed by atoms with Crippen molar-refractivity contribution in [1.82, 2.24) is 4.90 Å². The summed E-state index contributed by atoms with van der Waals surface area (Å²) in [4.78, 5) is 13.6. The third-order valence-electron chi connectivity index (χ3n) is 3.28. The van der Waals surface area contributed by atoms with Crippen molar-refractivity contribution in [2.24, 2.45) is 0 Å². The molecule has 0 saturated carbocycles. The molecule has 1 amide bonds. The van der Waals surface area contributed by atoms with Crippen LogP contribution in [-0.4, -0.2) is 35.3 Å². The van der Waals surface area contributed by atoms with E-state index in [-0.39, 0.29) is 25.3 Å². The van der Waals surface area contributed by atoms with E-state index in [1.807, 2.05) is 30.3 Å². The second-order valence-corrected chi connectivity index (χ2v) is 4.57. The summed E-state index contributed by atoms with van der Waals surface area (Å²) < 4.78 is 5.28. The molecular weight excluding hydrogens is 230 g/mol. The molecule has 0 bridgehead atoms. The van der Waals surface area contributed by atoms with Crippen LogP contribution in [0.15, 0.2) is 30.3 Å². The zero-order valence-electron chi connectivity index (χ0n) is 10.4. The zero-order valence-corrected chi connectivity index (χ0v) is 10.4. The summed E-state index contributed by atoms with van der Waals surface area (Å²) in [5.41, 5.74) is 0.975. The number of ether oxygens (including phenoxy) is 1. The Morgan fingerprint density at radius 1 is 1.33 bits per heavy atom. The molecule has 1 aromatic rings. The van der Waals surface area contributed by atoms with Crippen LogP contribution in [-0.2, 0) is 11.3 Å². The maximum atomic E-state index is 11.9. The number of carbonyl (C=O) groups is 1. The van der Waals surface area contributed by atoms with Gasteiger partial charge in [-0.2, -0.15) is 0 Å². The zero-order chi connectivity index (χ0) is 12.8. The van der Waals surface area contributed by atoms with Gasteiger partial charge < -0.3 is 14.7 Å². The topological polar surface area (TPSA) is 49.8 Å². The Morgan fingerprint density at radius 2 is 2.11 bits per heavy atom. The summed E-state index contributed by atoms with van der Waals surface area (Å²) in [5, 5.41) is 9.25. The van der Waals surface area contributed by atoms with Crippen LogP contribution in [0.5, 0.6) is 0 Å². The highest BCUT2D eigenvalue weighted by Crippen LogP contribution is 2.18. The van der Waals surface area contributed by atoms with Crippen LogP contribution < -0.4 is 0 Å². The normalized spacial score (nSPS) is 19.6. The monoisotopic (exact) mass is 249 g/mol. The molecule has 2 rings (SSSR count). The number of rotatable bonds is 3. The summed E-state index contributed by atoms with van der Waals surface area (Å²) in [5.74, 6) is 0. The molecule has 4 nitrogen and oxygen atoms in total. The molecule has 0 spiro atoms. The van der Waals surface area contributed by atoms with Crippen molar-refractivity contribution in [3.63, 3.8) is 0 Å². The minimum atomic E-state index is -0.322. The van der Waals surface area contributed by atoms with Gasteiger partial charge in [0.25, 0.3) is 0 Å². The smallest absolute Gasteiger partial charge is 0.410 e. The average molecular weight is 249 g/mol. The molecule has 1 aliphatic heterocycles. The molecular formula is C14H19NO3. The third-order valence-corrected chi connectivity index (χ3v) is 3.28. The lowest BCUT2D eigenvalue weighted by molar-refractivity contribution is 0.0499. The molecule has 1 N–H and O–H groups in total. The summed E-state index contributed by atoms with van der Waals surface area (Å²) in [6, 6.07) is 9.53. The Morgan fingerprint density at radius 3 is 2.83 bits per heavy atom. The van der Waals surface area contributed by atoms with E-state index in [4.69, 9.17) is 4.74 Å². The predicted octanol–water partition coefficient (Wildman–Crippen LogP) is 2.17. The highest BCUT2D eigenvalue weighted by atomic mass is 16.6. The Balaban J connectivity index is 1.87. The molecule has 0 aromatic heterocycles. The van der Waals surface area contributed by atoms with Gasteiger partial charge in [-0.15, -0.1) is 0 Å². The number of aliphatic hydroxyl groups is 1. The molecule has 98 valence electrons. The number of hydrogen-bond donors (Lipinski definition) is 1.